The van der Waals surface area contributed by atoms with Crippen LogP contribution >= 0.6 is 0 Å². The van der Waals surface area contributed by atoms with Crippen molar-refractivity contribution < 1.29 is 49.7 Å². The largest absolute Gasteiger partial charge is 0.504 e. The van der Waals surface area contributed by atoms with Gasteiger partial charge in [-0.2, -0.15) is 0 Å². The van der Waals surface area contributed by atoms with Gasteiger partial charge in [0.05, 0.1) is 18.1 Å². The monoisotopic (exact) mass is 548 g/mol. The number of ether oxygens (including phenoxy) is 2. The maximum atomic E-state index is 14.1. The molecule has 0 amide bonds. The van der Waals surface area contributed by atoms with Crippen LogP contribution in [-0.2, 0) is 26.2 Å². The van der Waals surface area contributed by atoms with Crippen LogP contribution in [-0.4, -0.2) is 85.6 Å². The fourth-order valence-corrected chi connectivity index (χ4v) is 8.70. The van der Waals surface area contributed by atoms with Crippen molar-refractivity contribution >= 4 is 11.6 Å². The minimum absolute atomic E-state index is 0.0438. The van der Waals surface area contributed by atoms with Crippen LogP contribution in [0.25, 0.3) is 0 Å². The van der Waals surface area contributed by atoms with E-state index in [0.717, 1.165) is 5.56 Å². The van der Waals surface area contributed by atoms with Gasteiger partial charge in [0.2, 0.25) is 6.29 Å². The quantitative estimate of drug-likeness (QED) is 0.314. The number of carbonyl (C=O) groups is 2. The minimum Gasteiger partial charge on any atom is -0.504 e. The molecule has 3 aliphatic carbocycles. The number of ketones is 2. The van der Waals surface area contributed by atoms with Crippen LogP contribution in [0.3, 0.4) is 0 Å². The van der Waals surface area contributed by atoms with Gasteiger partial charge < -0.3 is 40.1 Å². The smallest absolute Gasteiger partial charge is 0.229 e. The Kier molecular flexibility index (Phi) is 6.73. The summed E-state index contributed by atoms with van der Waals surface area (Å²) in [6, 6.07) is 1.59. The topological polar surface area (TPSA) is 174 Å². The zero-order valence-corrected chi connectivity index (χ0v) is 23.0. The molecule has 1 aromatic rings. The lowest BCUT2D eigenvalue weighted by Crippen LogP contribution is -2.61. The molecule has 11 atom stereocenters. The van der Waals surface area contributed by atoms with Crippen LogP contribution in [0.1, 0.15) is 63.6 Å². The first-order chi connectivity index (χ1) is 18.1. The number of aliphatic hydroxyl groups is 5. The summed E-state index contributed by atoms with van der Waals surface area (Å²) in [5.41, 5.74) is -0.159. The second-order valence-corrected chi connectivity index (χ2v) is 12.8. The molecule has 216 valence electrons. The lowest BCUT2D eigenvalue weighted by atomic mass is 9.42. The number of carbonyl (C=O) groups excluding carboxylic acids is 2. The first kappa shape index (κ1) is 28.4. The molecule has 0 bridgehead atoms. The lowest BCUT2D eigenvalue weighted by molar-refractivity contribution is -0.277. The Morgan fingerprint density at radius 1 is 1.10 bits per heavy atom. The molecule has 2 saturated carbocycles. The predicted molar refractivity (Wildman–Crippen MR) is 137 cm³/mol. The van der Waals surface area contributed by atoms with Crippen LogP contribution in [0.15, 0.2) is 6.07 Å². The molecule has 1 saturated heterocycles. The van der Waals surface area contributed by atoms with Crippen LogP contribution in [0.5, 0.6) is 11.5 Å². The molecule has 0 radical (unpaired) electrons. The van der Waals surface area contributed by atoms with Gasteiger partial charge in [0.15, 0.2) is 11.5 Å². The molecular weight excluding hydrogens is 508 g/mol. The summed E-state index contributed by atoms with van der Waals surface area (Å²) in [7, 11) is 0. The SMILES string of the molecule is CC(=O)C1[C@H](O)C[C@@]2(C)C3CCc4c(cc(O[C@@H]5O[C@H](CO)[C@@H](O)[C@H](O)[C@H]5O)c(O)c4C)[C@]3(C)C(=O)C[C@]12C. The third kappa shape index (κ3) is 3.68. The van der Waals surface area contributed by atoms with E-state index in [1.165, 1.54) is 6.92 Å². The van der Waals surface area contributed by atoms with E-state index in [2.05, 4.69) is 6.92 Å². The molecule has 5 rings (SSSR count). The van der Waals surface area contributed by atoms with Gasteiger partial charge in [-0.3, -0.25) is 9.59 Å². The minimum atomic E-state index is -1.67. The van der Waals surface area contributed by atoms with Gasteiger partial charge in [0.25, 0.3) is 0 Å². The number of benzene rings is 1. The van der Waals surface area contributed by atoms with E-state index in [1.807, 2.05) is 13.8 Å². The van der Waals surface area contributed by atoms with Crippen molar-refractivity contribution in [2.75, 3.05) is 6.61 Å². The zero-order chi connectivity index (χ0) is 28.8. The lowest BCUT2D eigenvalue weighted by Gasteiger charge is -2.60. The second-order valence-electron chi connectivity index (χ2n) is 12.8. The summed E-state index contributed by atoms with van der Waals surface area (Å²) in [6.45, 7) is 8.51. The van der Waals surface area contributed by atoms with Crippen molar-refractivity contribution in [3.63, 3.8) is 0 Å². The molecule has 4 aliphatic rings. The summed E-state index contributed by atoms with van der Waals surface area (Å²) < 4.78 is 11.3. The predicted octanol–water partition coefficient (Wildman–Crippen LogP) is 0.655. The fraction of sp³-hybridized carbons (Fsp3) is 0.724. The maximum absolute atomic E-state index is 14.1. The molecular formula is C29H40O10. The van der Waals surface area contributed by atoms with Gasteiger partial charge in [-0.1, -0.05) is 13.8 Å². The highest BCUT2D eigenvalue weighted by atomic mass is 16.7. The second kappa shape index (κ2) is 9.22. The number of hydrogen-bond donors (Lipinski definition) is 6. The van der Waals surface area contributed by atoms with Gasteiger partial charge in [0, 0.05) is 12.3 Å². The highest BCUT2D eigenvalue weighted by Crippen LogP contribution is 2.70. The van der Waals surface area contributed by atoms with E-state index in [9.17, 15) is 40.2 Å². The Labute approximate surface area is 227 Å². The third-order valence-electron chi connectivity index (χ3n) is 11.0. The summed E-state index contributed by atoms with van der Waals surface area (Å²) in [4.78, 5) is 26.8. The van der Waals surface area contributed by atoms with E-state index >= 15 is 0 Å². The molecule has 6 N–H and O–H groups in total. The average molecular weight is 549 g/mol. The molecule has 39 heavy (non-hydrogen) atoms. The molecule has 2 unspecified atom stereocenters. The number of Topliss-reactive ketones (excluding diaryl/α,β-unsaturated/α-hetero) is 2. The van der Waals surface area contributed by atoms with Crippen LogP contribution in [0, 0.1) is 29.6 Å². The van der Waals surface area contributed by atoms with E-state index in [4.69, 9.17) is 9.47 Å². The Hall–Kier alpha value is -2.08. The normalized spacial score (nSPS) is 45.3. The number of phenolic OH excluding ortho intramolecular Hbond substituents is 1. The van der Waals surface area contributed by atoms with Gasteiger partial charge in [0.1, 0.15) is 36.0 Å². The highest BCUT2D eigenvalue weighted by molar-refractivity contribution is 5.94. The Morgan fingerprint density at radius 3 is 2.38 bits per heavy atom. The van der Waals surface area contributed by atoms with E-state index in [1.54, 1.807) is 13.0 Å². The van der Waals surface area contributed by atoms with Gasteiger partial charge in [-0.15, -0.1) is 0 Å². The standard InChI is InChI=1S/C29H40O10/c1-12-14-6-7-19-27(3)9-16(32)21(13(2)31)28(27,4)10-20(33)29(19,5)15(14)8-17(22(12)34)38-26-25(37)24(36)23(35)18(11-30)39-26/h8,16,18-19,21,23-26,30,32,34-37H,6-7,9-11H2,1-5H3/t16-,18-,19?,21?,23-,24+,25-,26-,27+,28-,29+/m1/s1. The van der Waals surface area contributed by atoms with Crippen molar-refractivity contribution in [2.45, 2.75) is 103 Å². The molecule has 1 heterocycles. The van der Waals surface area contributed by atoms with Crippen molar-refractivity contribution in [1.29, 1.82) is 0 Å². The first-order valence-corrected chi connectivity index (χ1v) is 13.7. The summed E-state index contributed by atoms with van der Waals surface area (Å²) in [6.07, 6.45) is -6.63. The van der Waals surface area contributed by atoms with Gasteiger partial charge in [-0.05, 0) is 79.5 Å². The van der Waals surface area contributed by atoms with Crippen molar-refractivity contribution in [3.05, 3.63) is 22.8 Å². The van der Waals surface area contributed by atoms with Crippen molar-refractivity contribution in [1.82, 2.24) is 0 Å². The van der Waals surface area contributed by atoms with Crippen LogP contribution < -0.4 is 4.74 Å². The number of hydrogen-bond acceptors (Lipinski definition) is 10. The number of phenols is 1. The molecule has 10 nitrogen and oxygen atoms in total. The number of aromatic hydroxyl groups is 1. The Morgan fingerprint density at radius 2 is 1.77 bits per heavy atom. The number of fused-ring (bicyclic) bond motifs is 5. The molecule has 1 aliphatic heterocycles. The number of rotatable bonds is 4. The van der Waals surface area contributed by atoms with E-state index < -0.39 is 65.6 Å². The first-order valence-electron chi connectivity index (χ1n) is 13.7. The van der Waals surface area contributed by atoms with Crippen LogP contribution in [0.2, 0.25) is 0 Å². The van der Waals surface area contributed by atoms with Crippen LogP contribution in [0.4, 0.5) is 0 Å². The molecule has 10 heteroatoms. The average Bonchev–Trinajstić information content (AvgIpc) is 3.07. The zero-order valence-electron chi connectivity index (χ0n) is 23.0. The molecule has 3 fully saturated rings. The Balaban J connectivity index is 1.58. The molecule has 1 aromatic carbocycles. The van der Waals surface area contributed by atoms with Crippen molar-refractivity contribution in [3.8, 4) is 11.5 Å². The summed E-state index contributed by atoms with van der Waals surface area (Å²) >= 11 is 0. The van der Waals surface area contributed by atoms with Gasteiger partial charge >= 0.3 is 0 Å². The maximum Gasteiger partial charge on any atom is 0.229 e. The molecule has 0 aromatic heterocycles. The highest BCUT2D eigenvalue weighted by Gasteiger charge is 2.71. The summed E-state index contributed by atoms with van der Waals surface area (Å²) in [5, 5.41) is 62.4. The summed E-state index contributed by atoms with van der Waals surface area (Å²) in [5.74, 6) is -1.22. The molecule has 0 spiro atoms. The van der Waals surface area contributed by atoms with E-state index in [0.29, 0.717) is 30.4 Å². The van der Waals surface area contributed by atoms with Gasteiger partial charge in [-0.25, -0.2) is 0 Å². The number of aliphatic hydroxyl groups excluding tert-OH is 5. The third-order valence-corrected chi connectivity index (χ3v) is 11.0. The fourth-order valence-electron chi connectivity index (χ4n) is 8.70. The van der Waals surface area contributed by atoms with Crippen molar-refractivity contribution in [2.24, 2.45) is 22.7 Å². The Bertz CT molecular complexity index is 1200. The van der Waals surface area contributed by atoms with E-state index in [-0.39, 0.29) is 35.4 Å².